The monoisotopic (exact) mass is 305 g/mol. The number of nitrogens with two attached hydrogens (primary N) is 1. The van der Waals surface area contributed by atoms with Gasteiger partial charge in [-0.25, -0.2) is 4.79 Å². The number of hydrogen-bond donors (Lipinski definition) is 1. The maximum atomic E-state index is 12.1. The van der Waals surface area contributed by atoms with E-state index in [0.717, 1.165) is 25.0 Å². The molecule has 0 spiro atoms. The minimum absolute atomic E-state index is 0.0886. The highest BCUT2D eigenvalue weighted by Gasteiger charge is 2.32. The van der Waals surface area contributed by atoms with Gasteiger partial charge in [-0.2, -0.15) is 0 Å². The Bertz CT molecular complexity index is 489. The summed E-state index contributed by atoms with van der Waals surface area (Å²) in [4.78, 5) is 11.8. The number of benzene rings is 1. The first-order chi connectivity index (χ1) is 9.73. The number of carbonyl (C=O) groups is 1. The lowest BCUT2D eigenvalue weighted by Gasteiger charge is -2.13. The summed E-state index contributed by atoms with van der Waals surface area (Å²) in [6.45, 7) is 4.23. The fourth-order valence-corrected chi connectivity index (χ4v) is 1.77. The van der Waals surface area contributed by atoms with E-state index in [4.69, 9.17) is 10.5 Å². The minimum atomic E-state index is -4.83. The van der Waals surface area contributed by atoms with Crippen LogP contribution in [0.4, 0.5) is 18.9 Å². The zero-order valence-electron chi connectivity index (χ0n) is 11.9. The van der Waals surface area contributed by atoms with Crippen molar-refractivity contribution >= 4 is 11.7 Å². The topological polar surface area (TPSA) is 61.5 Å². The molecule has 0 aromatic heterocycles. The second-order valence-corrected chi connectivity index (χ2v) is 4.79. The predicted octanol–water partition coefficient (Wildman–Crippen LogP) is 3.76. The molecule has 1 aromatic rings. The van der Waals surface area contributed by atoms with Crippen LogP contribution in [-0.2, 0) is 4.74 Å². The molecule has 7 heteroatoms. The average Bonchev–Trinajstić information content (AvgIpc) is 2.37. The number of halogens is 3. The normalized spacial score (nSPS) is 12.8. The van der Waals surface area contributed by atoms with Crippen LogP contribution in [0.3, 0.4) is 0 Å². The first-order valence-corrected chi connectivity index (χ1v) is 6.55. The van der Waals surface area contributed by atoms with Crippen LogP contribution in [0.15, 0.2) is 18.2 Å². The van der Waals surface area contributed by atoms with Gasteiger partial charge in [0.1, 0.15) is 0 Å². The Morgan fingerprint density at radius 2 is 2.05 bits per heavy atom. The van der Waals surface area contributed by atoms with Crippen molar-refractivity contribution in [2.45, 2.75) is 33.1 Å². The van der Waals surface area contributed by atoms with Crippen molar-refractivity contribution in [3.05, 3.63) is 23.8 Å². The van der Waals surface area contributed by atoms with Crippen LogP contribution in [0.25, 0.3) is 0 Å². The number of anilines is 1. The average molecular weight is 305 g/mol. The summed E-state index contributed by atoms with van der Waals surface area (Å²) in [6, 6.07) is 3.28. The second-order valence-electron chi connectivity index (χ2n) is 4.79. The number of alkyl halides is 3. The zero-order chi connectivity index (χ0) is 16.0. The largest absolute Gasteiger partial charge is 0.573 e. The standard InChI is InChI=1S/C14H18F3NO3/c1-3-4-9(2)8-20-13(19)10-5-6-12(11(18)7-10)21-14(15,16)17/h5-7,9H,3-4,8,18H2,1-2H3. The molecule has 2 N–H and O–H groups in total. The first kappa shape index (κ1) is 17.1. The molecule has 0 fully saturated rings. The molecule has 0 aliphatic carbocycles. The number of esters is 1. The summed E-state index contributed by atoms with van der Waals surface area (Å²) < 4.78 is 45.1. The molecule has 0 amide bonds. The summed E-state index contributed by atoms with van der Waals surface area (Å²) in [5, 5.41) is 0. The van der Waals surface area contributed by atoms with Gasteiger partial charge in [0.25, 0.3) is 0 Å². The van der Waals surface area contributed by atoms with Crippen LogP contribution in [-0.4, -0.2) is 18.9 Å². The van der Waals surface area contributed by atoms with E-state index >= 15 is 0 Å². The van der Waals surface area contributed by atoms with E-state index in [1.54, 1.807) is 0 Å². The van der Waals surface area contributed by atoms with Crippen LogP contribution < -0.4 is 10.5 Å². The van der Waals surface area contributed by atoms with Gasteiger partial charge in [-0.15, -0.1) is 13.2 Å². The van der Waals surface area contributed by atoms with Gasteiger partial charge in [0.2, 0.25) is 0 Å². The smallest absolute Gasteiger partial charge is 0.462 e. The van der Waals surface area contributed by atoms with Crippen molar-refractivity contribution in [3.63, 3.8) is 0 Å². The Balaban J connectivity index is 2.68. The molecule has 1 aromatic carbocycles. The molecule has 0 saturated carbocycles. The fourth-order valence-electron chi connectivity index (χ4n) is 1.77. The van der Waals surface area contributed by atoms with E-state index in [0.29, 0.717) is 0 Å². The SMILES string of the molecule is CCCC(C)COC(=O)c1ccc(OC(F)(F)F)c(N)c1. The fraction of sp³-hybridized carbons (Fsp3) is 0.500. The third-order valence-corrected chi connectivity index (χ3v) is 2.75. The number of nitrogen functional groups attached to an aromatic ring is 1. The van der Waals surface area contributed by atoms with E-state index in [1.807, 2.05) is 13.8 Å². The van der Waals surface area contributed by atoms with E-state index in [9.17, 15) is 18.0 Å². The molecule has 0 radical (unpaired) electrons. The molecule has 1 rings (SSSR count). The summed E-state index contributed by atoms with van der Waals surface area (Å²) in [6.07, 6.45) is -2.92. The third-order valence-electron chi connectivity index (χ3n) is 2.75. The quantitative estimate of drug-likeness (QED) is 0.642. The van der Waals surface area contributed by atoms with Gasteiger partial charge in [-0.1, -0.05) is 20.3 Å². The van der Waals surface area contributed by atoms with Gasteiger partial charge in [0.15, 0.2) is 5.75 Å². The molecule has 1 atom stereocenters. The van der Waals surface area contributed by atoms with E-state index in [1.165, 1.54) is 6.07 Å². The number of rotatable bonds is 6. The van der Waals surface area contributed by atoms with Crippen LogP contribution in [0.1, 0.15) is 37.0 Å². The summed E-state index contributed by atoms with van der Waals surface area (Å²) >= 11 is 0. The lowest BCUT2D eigenvalue weighted by Crippen LogP contribution is -2.18. The van der Waals surface area contributed by atoms with Crippen molar-refractivity contribution in [3.8, 4) is 5.75 Å². The maximum Gasteiger partial charge on any atom is 0.573 e. The van der Waals surface area contributed by atoms with E-state index < -0.39 is 18.1 Å². The van der Waals surface area contributed by atoms with Gasteiger partial charge in [-0.3, -0.25) is 0 Å². The Morgan fingerprint density at radius 1 is 1.38 bits per heavy atom. The first-order valence-electron chi connectivity index (χ1n) is 6.55. The van der Waals surface area contributed by atoms with Gasteiger partial charge >= 0.3 is 12.3 Å². The van der Waals surface area contributed by atoms with Crippen molar-refractivity contribution in [2.24, 2.45) is 5.92 Å². The molecular weight excluding hydrogens is 287 g/mol. The lowest BCUT2D eigenvalue weighted by molar-refractivity contribution is -0.274. The maximum absolute atomic E-state index is 12.1. The Hall–Kier alpha value is -1.92. The van der Waals surface area contributed by atoms with Crippen LogP contribution in [0.5, 0.6) is 5.75 Å². The van der Waals surface area contributed by atoms with Crippen LogP contribution >= 0.6 is 0 Å². The lowest BCUT2D eigenvalue weighted by atomic mass is 10.1. The van der Waals surface area contributed by atoms with Gasteiger partial charge in [0, 0.05) is 0 Å². The molecule has 0 heterocycles. The van der Waals surface area contributed by atoms with E-state index in [2.05, 4.69) is 4.74 Å². The van der Waals surface area contributed by atoms with Gasteiger partial charge < -0.3 is 15.2 Å². The highest BCUT2D eigenvalue weighted by atomic mass is 19.4. The Labute approximate surface area is 121 Å². The predicted molar refractivity (Wildman–Crippen MR) is 71.9 cm³/mol. The van der Waals surface area contributed by atoms with Crippen LogP contribution in [0.2, 0.25) is 0 Å². The third kappa shape index (κ3) is 5.93. The highest BCUT2D eigenvalue weighted by molar-refractivity contribution is 5.91. The van der Waals surface area contributed by atoms with Gasteiger partial charge in [-0.05, 0) is 30.5 Å². The van der Waals surface area contributed by atoms with Crippen molar-refractivity contribution in [1.29, 1.82) is 0 Å². The van der Waals surface area contributed by atoms with Crippen molar-refractivity contribution in [1.82, 2.24) is 0 Å². The summed E-state index contributed by atoms with van der Waals surface area (Å²) in [5.74, 6) is -0.939. The van der Waals surface area contributed by atoms with Crippen molar-refractivity contribution < 1.29 is 27.4 Å². The number of carbonyl (C=O) groups excluding carboxylic acids is 1. The molecule has 0 aliphatic heterocycles. The zero-order valence-corrected chi connectivity index (χ0v) is 11.9. The molecule has 1 unspecified atom stereocenters. The summed E-state index contributed by atoms with van der Waals surface area (Å²) in [7, 11) is 0. The number of hydrogen-bond acceptors (Lipinski definition) is 4. The molecule has 4 nitrogen and oxygen atoms in total. The number of ether oxygens (including phenoxy) is 2. The Kier molecular flexibility index (Phi) is 5.87. The second kappa shape index (κ2) is 7.19. The summed E-state index contributed by atoms with van der Waals surface area (Å²) in [5.41, 5.74) is 5.25. The van der Waals surface area contributed by atoms with Crippen molar-refractivity contribution in [2.75, 3.05) is 12.3 Å². The molecule has 21 heavy (non-hydrogen) atoms. The molecule has 0 aliphatic rings. The molecule has 0 saturated heterocycles. The minimum Gasteiger partial charge on any atom is -0.462 e. The van der Waals surface area contributed by atoms with Gasteiger partial charge in [0.05, 0.1) is 17.9 Å². The van der Waals surface area contributed by atoms with E-state index in [-0.39, 0.29) is 23.8 Å². The molecular formula is C14H18F3NO3. The highest BCUT2D eigenvalue weighted by Crippen LogP contribution is 2.29. The van der Waals surface area contributed by atoms with Crippen LogP contribution in [0, 0.1) is 5.92 Å². The molecule has 118 valence electrons. The Morgan fingerprint density at radius 3 is 2.57 bits per heavy atom. The molecule has 0 bridgehead atoms.